The molecule has 138 valence electrons. The van der Waals surface area contributed by atoms with Crippen LogP contribution in [0.25, 0.3) is 0 Å². The van der Waals surface area contributed by atoms with Crippen LogP contribution < -0.4 is 17.0 Å². The maximum Gasteiger partial charge on any atom is 0.330 e. The standard InChI is InChI=1S/C19H23N3O3S/c1-19(2,3)11-4-8-13(9-5-11)26-10-14(23)15-16(20)22(12-6-7-12)18(25)21-17(15)24/h4-5,8-9,12H,6-7,10,20H2,1-3H3,(H,21,24,25). The largest absolute Gasteiger partial charge is 0.384 e. The molecule has 0 bridgehead atoms. The van der Waals surface area contributed by atoms with Gasteiger partial charge in [0.15, 0.2) is 5.78 Å². The van der Waals surface area contributed by atoms with Gasteiger partial charge in [-0.15, -0.1) is 11.8 Å². The van der Waals surface area contributed by atoms with Crippen molar-refractivity contribution in [1.82, 2.24) is 9.55 Å². The van der Waals surface area contributed by atoms with Crippen molar-refractivity contribution in [3.63, 3.8) is 0 Å². The lowest BCUT2D eigenvalue weighted by Crippen LogP contribution is -2.36. The number of carbonyl (C=O) groups excluding carboxylic acids is 1. The van der Waals surface area contributed by atoms with E-state index >= 15 is 0 Å². The van der Waals surface area contributed by atoms with Crippen molar-refractivity contribution in [3.8, 4) is 0 Å². The van der Waals surface area contributed by atoms with Crippen LogP contribution in [0.4, 0.5) is 5.82 Å². The van der Waals surface area contributed by atoms with Crippen molar-refractivity contribution in [1.29, 1.82) is 0 Å². The van der Waals surface area contributed by atoms with E-state index < -0.39 is 11.2 Å². The Balaban J connectivity index is 1.78. The molecule has 0 aliphatic heterocycles. The Kier molecular flexibility index (Phi) is 4.84. The summed E-state index contributed by atoms with van der Waals surface area (Å²) in [6.07, 6.45) is 1.66. The zero-order valence-corrected chi connectivity index (χ0v) is 16.0. The summed E-state index contributed by atoms with van der Waals surface area (Å²) in [6, 6.07) is 8.01. The molecule has 3 rings (SSSR count). The van der Waals surface area contributed by atoms with Gasteiger partial charge in [-0.1, -0.05) is 32.9 Å². The number of benzene rings is 1. The van der Waals surface area contributed by atoms with E-state index in [9.17, 15) is 14.4 Å². The molecule has 0 saturated heterocycles. The molecule has 1 aliphatic carbocycles. The number of nitrogen functional groups attached to an aromatic ring is 1. The first-order chi connectivity index (χ1) is 12.2. The number of nitrogens with one attached hydrogen (secondary N) is 1. The van der Waals surface area contributed by atoms with E-state index in [1.54, 1.807) is 0 Å². The highest BCUT2D eigenvalue weighted by molar-refractivity contribution is 8.00. The summed E-state index contributed by atoms with van der Waals surface area (Å²) in [6.45, 7) is 6.42. The van der Waals surface area contributed by atoms with Gasteiger partial charge in [0, 0.05) is 10.9 Å². The Hall–Kier alpha value is -2.28. The van der Waals surface area contributed by atoms with E-state index in [4.69, 9.17) is 5.73 Å². The van der Waals surface area contributed by atoms with Gasteiger partial charge in [0.05, 0.1) is 5.75 Å². The second kappa shape index (κ2) is 6.79. The lowest BCUT2D eigenvalue weighted by molar-refractivity contribution is 0.102. The molecule has 0 amide bonds. The predicted molar refractivity (Wildman–Crippen MR) is 104 cm³/mol. The van der Waals surface area contributed by atoms with Crippen LogP contribution in [-0.4, -0.2) is 21.1 Å². The molecule has 1 aromatic heterocycles. The number of H-pyrrole nitrogens is 1. The Morgan fingerprint density at radius 3 is 2.38 bits per heavy atom. The quantitative estimate of drug-likeness (QED) is 0.620. The molecule has 6 nitrogen and oxygen atoms in total. The zero-order valence-electron chi connectivity index (χ0n) is 15.2. The highest BCUT2D eigenvalue weighted by Crippen LogP contribution is 2.35. The Bertz CT molecular complexity index is 948. The van der Waals surface area contributed by atoms with E-state index in [0.717, 1.165) is 17.7 Å². The number of carbonyl (C=O) groups is 1. The van der Waals surface area contributed by atoms with E-state index in [1.807, 2.05) is 24.3 Å². The van der Waals surface area contributed by atoms with Gasteiger partial charge in [-0.2, -0.15) is 0 Å². The van der Waals surface area contributed by atoms with Crippen LogP contribution in [0.3, 0.4) is 0 Å². The molecule has 1 fully saturated rings. The number of ketones is 1. The SMILES string of the molecule is CC(C)(C)c1ccc(SCC(=O)c2c(N)n(C3CC3)c(=O)[nH]c2=O)cc1. The molecule has 1 aliphatic rings. The second-order valence-electron chi connectivity index (χ2n) is 7.61. The minimum Gasteiger partial charge on any atom is -0.384 e. The van der Waals surface area contributed by atoms with Crippen molar-refractivity contribution in [3.05, 3.63) is 56.2 Å². The van der Waals surface area contributed by atoms with Gasteiger partial charge in [0.1, 0.15) is 11.4 Å². The molecule has 1 saturated carbocycles. The average molecular weight is 373 g/mol. The molecule has 0 radical (unpaired) electrons. The number of thioether (sulfide) groups is 1. The van der Waals surface area contributed by atoms with Gasteiger partial charge in [0.2, 0.25) is 0 Å². The molecule has 1 aromatic carbocycles. The fourth-order valence-corrected chi connectivity index (χ4v) is 3.57. The first kappa shape index (κ1) is 18.5. The zero-order chi connectivity index (χ0) is 19.1. The van der Waals surface area contributed by atoms with Crippen LogP contribution >= 0.6 is 11.8 Å². The molecule has 26 heavy (non-hydrogen) atoms. The summed E-state index contributed by atoms with van der Waals surface area (Å²) < 4.78 is 1.33. The maximum atomic E-state index is 12.6. The third-order valence-electron chi connectivity index (χ3n) is 4.46. The summed E-state index contributed by atoms with van der Waals surface area (Å²) in [5, 5.41) is 0. The smallest absolute Gasteiger partial charge is 0.330 e. The number of nitrogens with two attached hydrogens (primary N) is 1. The normalized spacial score (nSPS) is 14.4. The monoisotopic (exact) mass is 373 g/mol. The summed E-state index contributed by atoms with van der Waals surface area (Å²) in [4.78, 5) is 39.7. The summed E-state index contributed by atoms with van der Waals surface area (Å²) in [5.74, 6) is -0.302. The van der Waals surface area contributed by atoms with Crippen LogP contribution in [0.2, 0.25) is 0 Å². The Morgan fingerprint density at radius 1 is 1.23 bits per heavy atom. The third kappa shape index (κ3) is 3.77. The van der Waals surface area contributed by atoms with Crippen molar-refractivity contribution >= 4 is 23.4 Å². The van der Waals surface area contributed by atoms with Crippen molar-refractivity contribution in [2.24, 2.45) is 0 Å². The first-order valence-electron chi connectivity index (χ1n) is 8.59. The number of anilines is 1. The van der Waals surface area contributed by atoms with Crippen LogP contribution in [0.15, 0.2) is 38.8 Å². The van der Waals surface area contributed by atoms with E-state index in [2.05, 4.69) is 25.8 Å². The van der Waals surface area contributed by atoms with Crippen molar-refractivity contribution in [2.45, 2.75) is 50.0 Å². The number of nitrogens with zero attached hydrogens (tertiary/aromatic N) is 1. The average Bonchev–Trinajstić information content (AvgIpc) is 3.36. The summed E-state index contributed by atoms with van der Waals surface area (Å²) >= 11 is 1.35. The molecule has 0 atom stereocenters. The molecule has 0 unspecified atom stereocenters. The number of hydrogen-bond acceptors (Lipinski definition) is 5. The molecular formula is C19H23N3O3S. The molecule has 3 N–H and O–H groups in total. The fourth-order valence-electron chi connectivity index (χ4n) is 2.80. The number of aromatic amines is 1. The molecule has 2 aromatic rings. The topological polar surface area (TPSA) is 97.9 Å². The van der Waals surface area contributed by atoms with Crippen molar-refractivity contribution in [2.75, 3.05) is 11.5 Å². The number of Topliss-reactive ketones (excluding diaryl/α,β-unsaturated/α-hetero) is 1. The van der Waals surface area contributed by atoms with Gasteiger partial charge in [0.25, 0.3) is 5.56 Å². The lowest BCUT2D eigenvalue weighted by Gasteiger charge is -2.19. The van der Waals surface area contributed by atoms with Crippen LogP contribution in [0.5, 0.6) is 0 Å². The lowest BCUT2D eigenvalue weighted by atomic mass is 9.87. The highest BCUT2D eigenvalue weighted by atomic mass is 32.2. The molecule has 1 heterocycles. The van der Waals surface area contributed by atoms with E-state index in [-0.39, 0.29) is 34.4 Å². The van der Waals surface area contributed by atoms with Crippen LogP contribution in [0, 0.1) is 0 Å². The Morgan fingerprint density at radius 2 is 1.85 bits per heavy atom. The Labute approximate surface area is 155 Å². The number of hydrogen-bond donors (Lipinski definition) is 2. The molecular weight excluding hydrogens is 350 g/mol. The minimum atomic E-state index is -0.710. The third-order valence-corrected chi connectivity index (χ3v) is 5.48. The predicted octanol–water partition coefficient (Wildman–Crippen LogP) is 2.73. The second-order valence-corrected chi connectivity index (χ2v) is 8.66. The number of rotatable bonds is 5. The molecule has 7 heteroatoms. The van der Waals surface area contributed by atoms with Gasteiger partial charge in [-0.25, -0.2) is 4.79 Å². The van der Waals surface area contributed by atoms with Crippen molar-refractivity contribution < 1.29 is 4.79 Å². The maximum absolute atomic E-state index is 12.6. The molecule has 0 spiro atoms. The fraction of sp³-hybridized carbons (Fsp3) is 0.421. The highest BCUT2D eigenvalue weighted by Gasteiger charge is 2.29. The van der Waals surface area contributed by atoms with Crippen LogP contribution in [-0.2, 0) is 5.41 Å². The van der Waals surface area contributed by atoms with Gasteiger partial charge < -0.3 is 5.73 Å². The van der Waals surface area contributed by atoms with E-state index in [1.165, 1.54) is 21.9 Å². The van der Waals surface area contributed by atoms with E-state index in [0.29, 0.717) is 0 Å². The van der Waals surface area contributed by atoms with Gasteiger partial charge in [-0.05, 0) is 36.0 Å². The first-order valence-corrected chi connectivity index (χ1v) is 9.58. The van der Waals surface area contributed by atoms with Gasteiger partial charge >= 0.3 is 5.69 Å². The minimum absolute atomic E-state index is 0.0107. The number of aromatic nitrogens is 2. The summed E-state index contributed by atoms with van der Waals surface area (Å²) in [7, 11) is 0. The summed E-state index contributed by atoms with van der Waals surface area (Å²) in [5.41, 5.74) is 5.89. The van der Waals surface area contributed by atoms with Crippen LogP contribution in [0.1, 0.15) is 55.6 Å². The van der Waals surface area contributed by atoms with Gasteiger partial charge in [-0.3, -0.25) is 19.1 Å².